The van der Waals surface area contributed by atoms with Gasteiger partial charge in [0.25, 0.3) is 0 Å². The third kappa shape index (κ3) is 3.39. The minimum atomic E-state index is -4.43. The molecule has 2 aromatic rings. The Balaban J connectivity index is 2.37. The molecular formula is C14H10BrF3N2. The summed E-state index contributed by atoms with van der Waals surface area (Å²) in [7, 11) is 0. The van der Waals surface area contributed by atoms with Gasteiger partial charge in [0.2, 0.25) is 0 Å². The summed E-state index contributed by atoms with van der Waals surface area (Å²) in [5.74, 6) is 0. The summed E-state index contributed by atoms with van der Waals surface area (Å²) in [6.07, 6.45) is -3.11. The maximum Gasteiger partial charge on any atom is 0.418 e. The highest BCUT2D eigenvalue weighted by Crippen LogP contribution is 2.36. The van der Waals surface area contributed by atoms with E-state index in [9.17, 15) is 13.2 Å². The number of nitrogens with zero attached hydrogens (tertiary/aromatic N) is 1. The molecule has 0 saturated heterocycles. The van der Waals surface area contributed by atoms with Crippen molar-refractivity contribution in [3.63, 3.8) is 0 Å². The normalized spacial score (nSPS) is 12.0. The van der Waals surface area contributed by atoms with Crippen molar-refractivity contribution in [1.29, 1.82) is 0 Å². The van der Waals surface area contributed by atoms with E-state index in [1.807, 2.05) is 0 Å². The molecule has 2 N–H and O–H groups in total. The first-order valence-corrected chi connectivity index (χ1v) is 6.42. The van der Waals surface area contributed by atoms with Crippen LogP contribution in [0.3, 0.4) is 0 Å². The van der Waals surface area contributed by atoms with Gasteiger partial charge in [-0.2, -0.15) is 13.2 Å². The van der Waals surface area contributed by atoms with Crippen LogP contribution in [0.25, 0.3) is 0 Å². The summed E-state index contributed by atoms with van der Waals surface area (Å²) in [6.45, 7) is 0. The predicted molar refractivity (Wildman–Crippen MR) is 77.3 cm³/mol. The number of aliphatic imine (C=N–C) groups is 1. The van der Waals surface area contributed by atoms with Crippen LogP contribution in [0, 0.1) is 0 Å². The Morgan fingerprint density at radius 1 is 1.10 bits per heavy atom. The van der Waals surface area contributed by atoms with Crippen molar-refractivity contribution in [3.05, 3.63) is 58.1 Å². The summed E-state index contributed by atoms with van der Waals surface area (Å²) >= 11 is 3.26. The highest BCUT2D eigenvalue weighted by Gasteiger charge is 2.32. The fourth-order valence-corrected chi connectivity index (χ4v) is 2.01. The number of hydrogen-bond acceptors (Lipinski definition) is 2. The van der Waals surface area contributed by atoms with Gasteiger partial charge in [-0.25, -0.2) is 0 Å². The maximum absolute atomic E-state index is 12.8. The third-order valence-corrected chi connectivity index (χ3v) is 3.09. The SMILES string of the molecule is Nc1cc(Br)ccc1C=Nc1ccccc1C(F)(F)F. The van der Waals surface area contributed by atoms with Crippen LogP contribution in [0.15, 0.2) is 51.9 Å². The zero-order valence-corrected chi connectivity index (χ0v) is 11.7. The number of alkyl halides is 3. The van der Waals surface area contributed by atoms with Crippen molar-refractivity contribution < 1.29 is 13.2 Å². The van der Waals surface area contributed by atoms with Crippen molar-refractivity contribution in [1.82, 2.24) is 0 Å². The number of hydrogen-bond donors (Lipinski definition) is 1. The van der Waals surface area contributed by atoms with E-state index in [0.29, 0.717) is 11.3 Å². The molecule has 0 saturated carbocycles. The van der Waals surface area contributed by atoms with Gasteiger partial charge in [-0.3, -0.25) is 4.99 Å². The third-order valence-electron chi connectivity index (χ3n) is 2.60. The van der Waals surface area contributed by atoms with E-state index in [-0.39, 0.29) is 5.69 Å². The average Bonchev–Trinajstić information content (AvgIpc) is 2.37. The number of rotatable bonds is 2. The number of nitrogen functional groups attached to an aromatic ring is 1. The Bertz CT molecular complexity index is 651. The second kappa shape index (κ2) is 5.66. The van der Waals surface area contributed by atoms with E-state index in [2.05, 4.69) is 20.9 Å². The molecule has 0 spiro atoms. The van der Waals surface area contributed by atoms with Gasteiger partial charge in [0, 0.05) is 21.9 Å². The van der Waals surface area contributed by atoms with Gasteiger partial charge in [-0.15, -0.1) is 0 Å². The molecule has 20 heavy (non-hydrogen) atoms. The summed E-state index contributed by atoms with van der Waals surface area (Å²) in [5, 5.41) is 0. The fraction of sp³-hybridized carbons (Fsp3) is 0.0714. The van der Waals surface area contributed by atoms with Crippen LogP contribution in [-0.4, -0.2) is 6.21 Å². The molecule has 0 bridgehead atoms. The lowest BCUT2D eigenvalue weighted by molar-refractivity contribution is -0.137. The van der Waals surface area contributed by atoms with Crippen molar-refractivity contribution >= 4 is 33.5 Å². The smallest absolute Gasteiger partial charge is 0.398 e. The molecule has 6 heteroatoms. The molecule has 2 nitrogen and oxygen atoms in total. The number of para-hydroxylation sites is 1. The zero-order chi connectivity index (χ0) is 14.8. The summed E-state index contributed by atoms with van der Waals surface area (Å²) in [6, 6.07) is 10.2. The molecule has 0 unspecified atom stereocenters. The molecule has 2 rings (SSSR count). The van der Waals surface area contributed by atoms with E-state index in [1.54, 1.807) is 18.2 Å². The molecule has 104 valence electrons. The molecule has 0 heterocycles. The van der Waals surface area contributed by atoms with Gasteiger partial charge in [0.15, 0.2) is 0 Å². The summed E-state index contributed by atoms with van der Waals surface area (Å²) < 4.78 is 39.2. The second-order valence-electron chi connectivity index (χ2n) is 4.05. The van der Waals surface area contributed by atoms with E-state index >= 15 is 0 Å². The molecular weight excluding hydrogens is 333 g/mol. The van der Waals surface area contributed by atoms with E-state index < -0.39 is 11.7 Å². The van der Waals surface area contributed by atoms with Gasteiger partial charge in [0.05, 0.1) is 11.3 Å². The van der Waals surface area contributed by atoms with Gasteiger partial charge < -0.3 is 5.73 Å². The highest BCUT2D eigenvalue weighted by molar-refractivity contribution is 9.10. The average molecular weight is 343 g/mol. The van der Waals surface area contributed by atoms with Crippen molar-refractivity contribution in [2.45, 2.75) is 6.18 Å². The molecule has 0 radical (unpaired) electrons. The van der Waals surface area contributed by atoms with Crippen LogP contribution in [0.1, 0.15) is 11.1 Å². The Hall–Kier alpha value is -1.82. The topological polar surface area (TPSA) is 38.4 Å². The standard InChI is InChI=1S/C14H10BrF3N2/c15-10-6-5-9(12(19)7-10)8-20-13-4-2-1-3-11(13)14(16,17)18/h1-8H,19H2. The first-order valence-electron chi connectivity index (χ1n) is 5.63. The van der Waals surface area contributed by atoms with Gasteiger partial charge in [-0.05, 0) is 24.3 Å². The Morgan fingerprint density at radius 2 is 1.80 bits per heavy atom. The number of nitrogens with two attached hydrogens (primary N) is 1. The molecule has 0 aromatic heterocycles. The van der Waals surface area contributed by atoms with Crippen LogP contribution >= 0.6 is 15.9 Å². The Morgan fingerprint density at radius 3 is 2.45 bits per heavy atom. The lowest BCUT2D eigenvalue weighted by atomic mass is 10.1. The van der Waals surface area contributed by atoms with Gasteiger partial charge in [-0.1, -0.05) is 34.1 Å². The molecule has 0 atom stereocenters. The van der Waals surface area contributed by atoms with Gasteiger partial charge >= 0.3 is 6.18 Å². The van der Waals surface area contributed by atoms with E-state index in [4.69, 9.17) is 5.73 Å². The molecule has 0 fully saturated rings. The summed E-state index contributed by atoms with van der Waals surface area (Å²) in [5.41, 5.74) is 5.86. The lowest BCUT2D eigenvalue weighted by Gasteiger charge is -2.09. The molecule has 0 amide bonds. The maximum atomic E-state index is 12.8. The predicted octanol–water partition coefficient (Wildman–Crippen LogP) is 4.80. The lowest BCUT2D eigenvalue weighted by Crippen LogP contribution is -2.04. The second-order valence-corrected chi connectivity index (χ2v) is 4.96. The van der Waals surface area contributed by atoms with Crippen LogP contribution in [0.2, 0.25) is 0 Å². The van der Waals surface area contributed by atoms with Crippen molar-refractivity contribution in [2.24, 2.45) is 4.99 Å². The first-order chi connectivity index (χ1) is 9.38. The summed E-state index contributed by atoms with van der Waals surface area (Å²) in [4.78, 5) is 3.89. The van der Waals surface area contributed by atoms with Crippen molar-refractivity contribution in [3.8, 4) is 0 Å². The highest BCUT2D eigenvalue weighted by atomic mass is 79.9. The minimum absolute atomic E-state index is 0.137. The van der Waals surface area contributed by atoms with E-state index in [0.717, 1.165) is 10.5 Å². The fourth-order valence-electron chi connectivity index (χ4n) is 1.63. The van der Waals surface area contributed by atoms with Crippen LogP contribution in [0.4, 0.5) is 24.5 Å². The molecule has 0 aliphatic carbocycles. The molecule has 2 aromatic carbocycles. The molecule has 0 aliphatic rings. The monoisotopic (exact) mass is 342 g/mol. The number of benzene rings is 2. The van der Waals surface area contributed by atoms with Crippen molar-refractivity contribution in [2.75, 3.05) is 5.73 Å². The molecule has 0 aliphatic heterocycles. The first kappa shape index (κ1) is 14.6. The number of anilines is 1. The number of halogens is 4. The quantitative estimate of drug-likeness (QED) is 0.617. The van der Waals surface area contributed by atoms with Crippen LogP contribution in [-0.2, 0) is 6.18 Å². The Labute approximate surface area is 122 Å². The minimum Gasteiger partial charge on any atom is -0.398 e. The van der Waals surface area contributed by atoms with Crippen LogP contribution < -0.4 is 5.73 Å². The van der Waals surface area contributed by atoms with Gasteiger partial charge in [0.1, 0.15) is 0 Å². The largest absolute Gasteiger partial charge is 0.418 e. The Kier molecular flexibility index (Phi) is 4.13. The van der Waals surface area contributed by atoms with E-state index in [1.165, 1.54) is 24.4 Å². The zero-order valence-electron chi connectivity index (χ0n) is 10.2. The van der Waals surface area contributed by atoms with Crippen LogP contribution in [0.5, 0.6) is 0 Å².